The zero-order valence-electron chi connectivity index (χ0n) is 15.9. The number of halogens is 2. The van der Waals surface area contributed by atoms with Crippen LogP contribution < -0.4 is 0 Å². The molecule has 0 aromatic heterocycles. The highest BCUT2D eigenvalue weighted by Gasteiger charge is 2.34. The van der Waals surface area contributed by atoms with Gasteiger partial charge in [-0.1, -0.05) is 23.2 Å². The molecule has 0 aliphatic carbocycles. The first-order valence-corrected chi connectivity index (χ1v) is 11.3. The number of piperidine rings is 1. The number of sulfonamides is 1. The molecule has 0 N–H and O–H groups in total. The second kappa shape index (κ2) is 9.91. The number of esters is 1. The van der Waals surface area contributed by atoms with Crippen LogP contribution in [0.2, 0.25) is 10.0 Å². The Hall–Kier alpha value is -1.35. The van der Waals surface area contributed by atoms with E-state index in [1.807, 2.05) is 13.8 Å². The maximum atomic E-state index is 12.8. The summed E-state index contributed by atoms with van der Waals surface area (Å²) in [7, 11) is -3.80. The molecule has 1 aromatic rings. The SMILES string of the molecule is CCN(CC)C(=O)COC(=O)C1CCN(S(=O)(=O)c2cc(Cl)ccc2Cl)CC1. The number of nitrogens with zero attached hydrogens (tertiary/aromatic N) is 2. The Morgan fingerprint density at radius 1 is 1.18 bits per heavy atom. The van der Waals surface area contributed by atoms with E-state index in [9.17, 15) is 18.0 Å². The van der Waals surface area contributed by atoms with Crippen LogP contribution >= 0.6 is 23.2 Å². The van der Waals surface area contributed by atoms with Gasteiger partial charge in [0.15, 0.2) is 6.61 Å². The average Bonchev–Trinajstić information content (AvgIpc) is 2.68. The quantitative estimate of drug-likeness (QED) is 0.596. The number of carbonyl (C=O) groups is 2. The van der Waals surface area contributed by atoms with Gasteiger partial charge in [0.2, 0.25) is 10.0 Å². The lowest BCUT2D eigenvalue weighted by Gasteiger charge is -2.30. The van der Waals surface area contributed by atoms with Gasteiger partial charge in [-0.25, -0.2) is 8.42 Å². The molecule has 0 radical (unpaired) electrons. The molecular formula is C18H24Cl2N2O5S. The number of rotatable bonds is 7. The van der Waals surface area contributed by atoms with Crippen LogP contribution in [-0.4, -0.2) is 62.3 Å². The van der Waals surface area contributed by atoms with Crippen molar-refractivity contribution in [1.29, 1.82) is 0 Å². The molecular weight excluding hydrogens is 427 g/mol. The fourth-order valence-electron chi connectivity index (χ4n) is 3.06. The van der Waals surface area contributed by atoms with Gasteiger partial charge in [-0.05, 0) is 44.9 Å². The highest BCUT2D eigenvalue weighted by atomic mass is 35.5. The minimum absolute atomic E-state index is 0.0486. The highest BCUT2D eigenvalue weighted by Crippen LogP contribution is 2.30. The van der Waals surface area contributed by atoms with Gasteiger partial charge in [-0.15, -0.1) is 0 Å². The molecule has 0 atom stereocenters. The Morgan fingerprint density at radius 3 is 2.36 bits per heavy atom. The van der Waals surface area contributed by atoms with E-state index in [1.54, 1.807) is 4.90 Å². The molecule has 0 bridgehead atoms. The van der Waals surface area contributed by atoms with Crippen molar-refractivity contribution in [3.63, 3.8) is 0 Å². The topological polar surface area (TPSA) is 84.0 Å². The first-order valence-electron chi connectivity index (χ1n) is 9.10. The molecule has 10 heteroatoms. The lowest BCUT2D eigenvalue weighted by atomic mass is 9.98. The highest BCUT2D eigenvalue weighted by molar-refractivity contribution is 7.89. The molecule has 156 valence electrons. The van der Waals surface area contributed by atoms with Crippen molar-refractivity contribution in [2.45, 2.75) is 31.6 Å². The van der Waals surface area contributed by atoms with E-state index in [4.69, 9.17) is 27.9 Å². The number of likely N-dealkylation sites (N-methyl/N-ethyl adjacent to an activating group) is 1. The summed E-state index contributed by atoms with van der Waals surface area (Å²) in [6.07, 6.45) is 0.630. The van der Waals surface area contributed by atoms with Gasteiger partial charge in [0.25, 0.3) is 5.91 Å². The lowest BCUT2D eigenvalue weighted by Crippen LogP contribution is -2.41. The normalized spacial score (nSPS) is 16.0. The zero-order chi connectivity index (χ0) is 20.9. The molecule has 28 heavy (non-hydrogen) atoms. The molecule has 1 amide bonds. The van der Waals surface area contributed by atoms with Crippen molar-refractivity contribution in [1.82, 2.24) is 9.21 Å². The van der Waals surface area contributed by atoms with Gasteiger partial charge in [0.05, 0.1) is 10.9 Å². The summed E-state index contributed by atoms with van der Waals surface area (Å²) in [4.78, 5) is 25.7. The van der Waals surface area contributed by atoms with Crippen LogP contribution in [0.1, 0.15) is 26.7 Å². The van der Waals surface area contributed by atoms with Gasteiger partial charge in [0.1, 0.15) is 4.90 Å². The molecule has 2 rings (SSSR count). The van der Waals surface area contributed by atoms with Gasteiger partial charge in [0, 0.05) is 31.2 Å². The van der Waals surface area contributed by atoms with Crippen LogP contribution in [0.15, 0.2) is 23.1 Å². The lowest BCUT2D eigenvalue weighted by molar-refractivity contribution is -0.156. The fourth-order valence-corrected chi connectivity index (χ4v) is 5.27. The first kappa shape index (κ1) is 22.9. The van der Waals surface area contributed by atoms with Gasteiger partial charge in [-0.3, -0.25) is 9.59 Å². The van der Waals surface area contributed by atoms with E-state index in [2.05, 4.69) is 0 Å². The monoisotopic (exact) mass is 450 g/mol. The Morgan fingerprint density at radius 2 is 1.79 bits per heavy atom. The van der Waals surface area contributed by atoms with Crippen LogP contribution in [0.5, 0.6) is 0 Å². The largest absolute Gasteiger partial charge is 0.455 e. The Labute approximate surface area is 175 Å². The summed E-state index contributed by atoms with van der Waals surface area (Å²) < 4.78 is 32.0. The maximum Gasteiger partial charge on any atom is 0.309 e. The van der Waals surface area contributed by atoms with Crippen molar-refractivity contribution in [2.75, 3.05) is 32.8 Å². The summed E-state index contributed by atoms with van der Waals surface area (Å²) in [5.41, 5.74) is 0. The Balaban J connectivity index is 1.94. The summed E-state index contributed by atoms with van der Waals surface area (Å²) in [5.74, 6) is -1.15. The van der Waals surface area contributed by atoms with E-state index in [0.29, 0.717) is 25.9 Å². The molecule has 1 aromatic carbocycles. The third-order valence-corrected chi connectivity index (χ3v) is 7.37. The zero-order valence-corrected chi connectivity index (χ0v) is 18.2. The number of carbonyl (C=O) groups excluding carboxylic acids is 2. The standard InChI is InChI=1S/C18H24Cl2N2O5S/c1-3-21(4-2)17(23)12-27-18(24)13-7-9-22(10-8-13)28(25,26)16-11-14(19)5-6-15(16)20/h5-6,11,13H,3-4,7-10,12H2,1-2H3. The van der Waals surface area contributed by atoms with Crippen LogP contribution in [0, 0.1) is 5.92 Å². The van der Waals surface area contributed by atoms with Crippen LogP contribution in [0.25, 0.3) is 0 Å². The van der Waals surface area contributed by atoms with Gasteiger partial charge >= 0.3 is 5.97 Å². The van der Waals surface area contributed by atoms with E-state index >= 15 is 0 Å². The third-order valence-electron chi connectivity index (χ3n) is 4.75. The molecule has 1 aliphatic heterocycles. The number of ether oxygens (including phenoxy) is 1. The Kier molecular flexibility index (Phi) is 8.12. The summed E-state index contributed by atoms with van der Waals surface area (Å²) >= 11 is 11.9. The molecule has 0 saturated carbocycles. The molecule has 7 nitrogen and oxygen atoms in total. The minimum atomic E-state index is -3.80. The second-order valence-electron chi connectivity index (χ2n) is 6.43. The molecule has 1 aliphatic rings. The van der Waals surface area contributed by atoms with Gasteiger partial charge < -0.3 is 9.64 Å². The summed E-state index contributed by atoms with van der Waals surface area (Å²) in [6, 6.07) is 4.27. The number of benzene rings is 1. The number of amides is 1. The van der Waals surface area contributed by atoms with Crippen molar-refractivity contribution >= 4 is 45.1 Å². The van der Waals surface area contributed by atoms with Crippen LogP contribution in [0.4, 0.5) is 0 Å². The predicted molar refractivity (Wildman–Crippen MR) is 107 cm³/mol. The van der Waals surface area contributed by atoms with Crippen molar-refractivity contribution in [2.24, 2.45) is 5.92 Å². The van der Waals surface area contributed by atoms with Crippen molar-refractivity contribution in [3.05, 3.63) is 28.2 Å². The van der Waals surface area contributed by atoms with E-state index < -0.39 is 21.9 Å². The first-order chi connectivity index (χ1) is 13.2. The number of hydrogen-bond donors (Lipinski definition) is 0. The maximum absolute atomic E-state index is 12.8. The number of hydrogen-bond acceptors (Lipinski definition) is 5. The van der Waals surface area contributed by atoms with Crippen LogP contribution in [-0.2, 0) is 24.3 Å². The van der Waals surface area contributed by atoms with E-state index in [1.165, 1.54) is 22.5 Å². The minimum Gasteiger partial charge on any atom is -0.455 e. The predicted octanol–water partition coefficient (Wildman–Crippen LogP) is 2.81. The molecule has 1 saturated heterocycles. The second-order valence-corrected chi connectivity index (χ2v) is 9.18. The third kappa shape index (κ3) is 5.37. The molecule has 1 fully saturated rings. The van der Waals surface area contributed by atoms with Crippen molar-refractivity contribution in [3.8, 4) is 0 Å². The van der Waals surface area contributed by atoms with Gasteiger partial charge in [-0.2, -0.15) is 4.31 Å². The molecule has 0 spiro atoms. The summed E-state index contributed by atoms with van der Waals surface area (Å²) in [6.45, 7) is 4.84. The molecule has 1 heterocycles. The van der Waals surface area contributed by atoms with E-state index in [-0.39, 0.29) is 40.5 Å². The van der Waals surface area contributed by atoms with Crippen LogP contribution in [0.3, 0.4) is 0 Å². The smallest absolute Gasteiger partial charge is 0.309 e. The van der Waals surface area contributed by atoms with Crippen molar-refractivity contribution < 1.29 is 22.7 Å². The average molecular weight is 451 g/mol. The fraction of sp³-hybridized carbons (Fsp3) is 0.556. The Bertz CT molecular complexity index is 819. The molecule has 0 unspecified atom stereocenters. The summed E-state index contributed by atoms with van der Waals surface area (Å²) in [5, 5.41) is 0.375. The van der Waals surface area contributed by atoms with E-state index in [0.717, 1.165) is 0 Å².